The Morgan fingerprint density at radius 2 is 2.19 bits per heavy atom. The van der Waals surface area contributed by atoms with Crippen LogP contribution in [0.5, 0.6) is 0 Å². The van der Waals surface area contributed by atoms with Gasteiger partial charge in [-0.25, -0.2) is 0 Å². The number of hydrogen-bond acceptors (Lipinski definition) is 6. The number of esters is 1. The summed E-state index contributed by atoms with van der Waals surface area (Å²) in [5.41, 5.74) is -0.153. The molecular formula is C15H17N3O3. The van der Waals surface area contributed by atoms with Crippen LogP contribution < -0.4 is 0 Å². The summed E-state index contributed by atoms with van der Waals surface area (Å²) in [4.78, 5) is 20.9. The highest BCUT2D eigenvalue weighted by Crippen LogP contribution is 2.41. The predicted molar refractivity (Wildman–Crippen MR) is 74.3 cm³/mol. The lowest BCUT2D eigenvalue weighted by molar-refractivity contribution is -0.151. The summed E-state index contributed by atoms with van der Waals surface area (Å²) in [6.07, 6.45) is 4.97. The Morgan fingerprint density at radius 1 is 1.38 bits per heavy atom. The number of ether oxygens (including phenoxy) is 1. The van der Waals surface area contributed by atoms with Crippen LogP contribution in [0.2, 0.25) is 0 Å². The maximum Gasteiger partial charge on any atom is 0.321 e. The van der Waals surface area contributed by atoms with E-state index in [1.54, 1.807) is 19.2 Å². The molecule has 0 spiro atoms. The minimum Gasteiger partial charge on any atom is -0.465 e. The topological polar surface area (TPSA) is 78.1 Å². The highest BCUT2D eigenvalue weighted by atomic mass is 16.5. The first-order chi connectivity index (χ1) is 10.3. The molecule has 21 heavy (non-hydrogen) atoms. The number of carbonyl (C=O) groups is 1. The van der Waals surface area contributed by atoms with Gasteiger partial charge in [-0.3, -0.25) is 9.78 Å². The molecule has 0 unspecified atom stereocenters. The molecule has 1 fully saturated rings. The van der Waals surface area contributed by atoms with Gasteiger partial charge in [0.25, 0.3) is 0 Å². The molecule has 0 saturated heterocycles. The summed E-state index contributed by atoms with van der Waals surface area (Å²) < 4.78 is 10.6. The second-order valence-corrected chi connectivity index (χ2v) is 5.15. The van der Waals surface area contributed by atoms with Gasteiger partial charge in [0, 0.05) is 6.20 Å². The van der Waals surface area contributed by atoms with Crippen molar-refractivity contribution >= 4 is 5.97 Å². The van der Waals surface area contributed by atoms with E-state index in [4.69, 9.17) is 9.26 Å². The van der Waals surface area contributed by atoms with Crippen molar-refractivity contribution in [2.45, 2.75) is 38.0 Å². The van der Waals surface area contributed by atoms with Crippen molar-refractivity contribution in [3.05, 3.63) is 30.3 Å². The average molecular weight is 287 g/mol. The molecule has 0 N–H and O–H groups in total. The van der Waals surface area contributed by atoms with Gasteiger partial charge in [0.05, 0.1) is 6.61 Å². The molecule has 0 bridgehead atoms. The molecule has 110 valence electrons. The van der Waals surface area contributed by atoms with E-state index < -0.39 is 5.41 Å². The van der Waals surface area contributed by atoms with Crippen molar-refractivity contribution in [1.29, 1.82) is 0 Å². The van der Waals surface area contributed by atoms with Gasteiger partial charge in [0.1, 0.15) is 11.1 Å². The van der Waals surface area contributed by atoms with Gasteiger partial charge in [-0.2, -0.15) is 4.98 Å². The van der Waals surface area contributed by atoms with E-state index in [9.17, 15) is 4.79 Å². The number of pyridine rings is 1. The normalized spacial score (nSPS) is 16.8. The SMILES string of the molecule is CCOC(=O)C1(c2nc(-c3ccccn3)no2)CCCC1. The predicted octanol–water partition coefficient (Wildman–Crippen LogP) is 2.51. The van der Waals surface area contributed by atoms with Crippen LogP contribution in [-0.4, -0.2) is 27.7 Å². The molecule has 0 aromatic carbocycles. The Morgan fingerprint density at radius 3 is 2.86 bits per heavy atom. The largest absolute Gasteiger partial charge is 0.465 e. The molecule has 0 amide bonds. The molecule has 6 heteroatoms. The fraction of sp³-hybridized carbons (Fsp3) is 0.467. The number of nitrogens with zero attached hydrogens (tertiary/aromatic N) is 3. The smallest absolute Gasteiger partial charge is 0.321 e. The first-order valence-corrected chi connectivity index (χ1v) is 7.19. The zero-order chi connectivity index (χ0) is 14.7. The van der Waals surface area contributed by atoms with Crippen LogP contribution >= 0.6 is 0 Å². The quantitative estimate of drug-likeness (QED) is 0.804. The van der Waals surface area contributed by atoms with Crippen LogP contribution in [0.4, 0.5) is 0 Å². The third-order valence-electron chi connectivity index (χ3n) is 3.85. The molecule has 0 aliphatic heterocycles. The summed E-state index contributed by atoms with van der Waals surface area (Å²) >= 11 is 0. The number of carbonyl (C=O) groups excluding carboxylic acids is 1. The Balaban J connectivity index is 1.95. The summed E-state index contributed by atoms with van der Waals surface area (Å²) in [6, 6.07) is 5.48. The van der Waals surface area contributed by atoms with Crippen molar-refractivity contribution in [2.24, 2.45) is 0 Å². The Bertz CT molecular complexity index is 618. The van der Waals surface area contributed by atoms with Gasteiger partial charge in [0.2, 0.25) is 11.7 Å². The van der Waals surface area contributed by atoms with Gasteiger partial charge in [0.15, 0.2) is 0 Å². The first kappa shape index (κ1) is 13.7. The third-order valence-corrected chi connectivity index (χ3v) is 3.85. The highest BCUT2D eigenvalue weighted by Gasteiger charge is 2.49. The van der Waals surface area contributed by atoms with Crippen LogP contribution in [0.3, 0.4) is 0 Å². The molecule has 1 aliphatic carbocycles. The second kappa shape index (κ2) is 5.63. The van der Waals surface area contributed by atoms with Crippen LogP contribution in [-0.2, 0) is 14.9 Å². The van der Waals surface area contributed by atoms with Crippen molar-refractivity contribution in [2.75, 3.05) is 6.61 Å². The van der Waals surface area contributed by atoms with Crippen molar-refractivity contribution < 1.29 is 14.1 Å². The van der Waals surface area contributed by atoms with E-state index in [-0.39, 0.29) is 5.97 Å². The molecule has 2 heterocycles. The number of aromatic nitrogens is 3. The molecule has 3 rings (SSSR count). The van der Waals surface area contributed by atoms with E-state index >= 15 is 0 Å². The molecule has 0 radical (unpaired) electrons. The van der Waals surface area contributed by atoms with Gasteiger partial charge < -0.3 is 9.26 Å². The van der Waals surface area contributed by atoms with Crippen molar-refractivity contribution in [3.8, 4) is 11.5 Å². The minimum atomic E-state index is -0.782. The van der Waals surface area contributed by atoms with E-state index in [2.05, 4.69) is 15.1 Å². The molecule has 1 saturated carbocycles. The van der Waals surface area contributed by atoms with Gasteiger partial charge in [-0.1, -0.05) is 24.1 Å². The fourth-order valence-corrected chi connectivity index (χ4v) is 2.77. The van der Waals surface area contributed by atoms with E-state index in [1.165, 1.54) is 0 Å². The lowest BCUT2D eigenvalue weighted by Crippen LogP contribution is -2.35. The lowest BCUT2D eigenvalue weighted by atomic mass is 9.86. The summed E-state index contributed by atoms with van der Waals surface area (Å²) in [5, 5.41) is 3.96. The molecule has 6 nitrogen and oxygen atoms in total. The first-order valence-electron chi connectivity index (χ1n) is 7.19. The van der Waals surface area contributed by atoms with E-state index in [0.717, 1.165) is 12.8 Å². The number of rotatable bonds is 4. The maximum atomic E-state index is 12.3. The standard InChI is InChI=1S/C15H17N3O3/c1-2-20-14(19)15(8-4-5-9-15)13-17-12(18-21-13)11-7-3-6-10-16-11/h3,6-7,10H,2,4-5,8-9H2,1H3. The van der Waals surface area contributed by atoms with Gasteiger partial charge >= 0.3 is 5.97 Å². The van der Waals surface area contributed by atoms with Crippen LogP contribution in [0.1, 0.15) is 38.5 Å². The van der Waals surface area contributed by atoms with Crippen LogP contribution in [0.15, 0.2) is 28.9 Å². The fourth-order valence-electron chi connectivity index (χ4n) is 2.77. The number of hydrogen-bond donors (Lipinski definition) is 0. The van der Waals surface area contributed by atoms with Crippen LogP contribution in [0, 0.1) is 0 Å². The molecule has 2 aromatic heterocycles. The Kier molecular flexibility index (Phi) is 3.68. The summed E-state index contributed by atoms with van der Waals surface area (Å²) in [6.45, 7) is 2.15. The van der Waals surface area contributed by atoms with Crippen LogP contribution in [0.25, 0.3) is 11.5 Å². The third kappa shape index (κ3) is 2.41. The Labute approximate surface area is 122 Å². The molecule has 2 aromatic rings. The highest BCUT2D eigenvalue weighted by molar-refractivity contribution is 5.82. The zero-order valence-corrected chi connectivity index (χ0v) is 11.9. The average Bonchev–Trinajstić information content (AvgIpc) is 3.18. The van der Waals surface area contributed by atoms with Gasteiger partial charge in [-0.05, 0) is 31.9 Å². The van der Waals surface area contributed by atoms with E-state index in [0.29, 0.717) is 36.9 Å². The monoisotopic (exact) mass is 287 g/mol. The Hall–Kier alpha value is -2.24. The maximum absolute atomic E-state index is 12.3. The van der Waals surface area contributed by atoms with Crippen molar-refractivity contribution in [1.82, 2.24) is 15.1 Å². The van der Waals surface area contributed by atoms with E-state index in [1.807, 2.05) is 12.1 Å². The molecule has 0 atom stereocenters. The summed E-state index contributed by atoms with van der Waals surface area (Å²) in [5.74, 6) is 0.485. The molecular weight excluding hydrogens is 270 g/mol. The minimum absolute atomic E-state index is 0.265. The summed E-state index contributed by atoms with van der Waals surface area (Å²) in [7, 11) is 0. The molecule has 1 aliphatic rings. The van der Waals surface area contributed by atoms with Crippen molar-refractivity contribution in [3.63, 3.8) is 0 Å². The second-order valence-electron chi connectivity index (χ2n) is 5.15. The zero-order valence-electron chi connectivity index (χ0n) is 11.9. The lowest BCUT2D eigenvalue weighted by Gasteiger charge is -2.21. The van der Waals surface area contributed by atoms with Gasteiger partial charge in [-0.15, -0.1) is 0 Å².